The minimum Gasteiger partial charge on any atom is -0.481 e. The van der Waals surface area contributed by atoms with Crippen LogP contribution >= 0.6 is 0 Å². The summed E-state index contributed by atoms with van der Waals surface area (Å²) in [6.45, 7) is 3.13. The smallest absolute Gasteiger partial charge is 0.310 e. The quantitative estimate of drug-likeness (QED) is 0.725. The van der Waals surface area contributed by atoms with Crippen LogP contribution in [0, 0.1) is 17.3 Å². The average Bonchev–Trinajstić information content (AvgIpc) is 3.26. The number of nitrogens with zero attached hydrogens (tertiary/aromatic N) is 1. The minimum absolute atomic E-state index is 0.444. The second-order valence-corrected chi connectivity index (χ2v) is 7.58. The summed E-state index contributed by atoms with van der Waals surface area (Å²) in [5, 5.41) is 9.84. The van der Waals surface area contributed by atoms with E-state index in [0.717, 1.165) is 57.2 Å². The highest BCUT2D eigenvalue weighted by molar-refractivity contribution is 5.75. The van der Waals surface area contributed by atoms with E-state index >= 15 is 0 Å². The van der Waals surface area contributed by atoms with Crippen LogP contribution in [0.15, 0.2) is 0 Å². The van der Waals surface area contributed by atoms with Gasteiger partial charge >= 0.3 is 5.97 Å². The maximum absolute atomic E-state index is 11.9. The predicted molar refractivity (Wildman–Crippen MR) is 79.7 cm³/mol. The molecule has 0 aromatic carbocycles. The molecule has 20 heavy (non-hydrogen) atoms. The van der Waals surface area contributed by atoms with Crippen molar-refractivity contribution in [2.75, 3.05) is 19.6 Å². The summed E-state index contributed by atoms with van der Waals surface area (Å²) in [5.74, 6) is 1.20. The SMILES string of the molecule is O=C(O)C1(CN(CC2CC2)CC2CC2)CCCCCC1. The summed E-state index contributed by atoms with van der Waals surface area (Å²) >= 11 is 0. The minimum atomic E-state index is -0.531. The van der Waals surface area contributed by atoms with Crippen LogP contribution in [0.25, 0.3) is 0 Å². The summed E-state index contributed by atoms with van der Waals surface area (Å²) in [6, 6.07) is 0. The molecular formula is C17H29NO2. The van der Waals surface area contributed by atoms with Crippen molar-refractivity contribution in [1.29, 1.82) is 0 Å². The van der Waals surface area contributed by atoms with Gasteiger partial charge in [-0.25, -0.2) is 0 Å². The summed E-state index contributed by atoms with van der Waals surface area (Å²) in [5.41, 5.74) is -0.444. The van der Waals surface area contributed by atoms with Crippen molar-refractivity contribution in [2.24, 2.45) is 17.3 Å². The highest BCUT2D eigenvalue weighted by atomic mass is 16.4. The Morgan fingerprint density at radius 3 is 1.85 bits per heavy atom. The Labute approximate surface area is 122 Å². The van der Waals surface area contributed by atoms with Crippen molar-refractivity contribution in [3.8, 4) is 0 Å². The van der Waals surface area contributed by atoms with Crippen molar-refractivity contribution in [3.05, 3.63) is 0 Å². The van der Waals surface area contributed by atoms with Gasteiger partial charge in [-0.15, -0.1) is 0 Å². The third-order valence-corrected chi connectivity index (χ3v) is 5.47. The molecule has 0 saturated heterocycles. The van der Waals surface area contributed by atoms with E-state index in [1.165, 1.54) is 38.5 Å². The van der Waals surface area contributed by atoms with Gasteiger partial charge in [-0.2, -0.15) is 0 Å². The highest BCUT2D eigenvalue weighted by Crippen LogP contribution is 2.39. The first-order valence-corrected chi connectivity index (χ1v) is 8.64. The molecule has 0 aromatic rings. The second kappa shape index (κ2) is 6.05. The van der Waals surface area contributed by atoms with Gasteiger partial charge in [-0.1, -0.05) is 25.7 Å². The lowest BCUT2D eigenvalue weighted by molar-refractivity contribution is -0.151. The summed E-state index contributed by atoms with van der Waals surface area (Å²) in [4.78, 5) is 14.5. The zero-order chi connectivity index (χ0) is 14.0. The fourth-order valence-electron chi connectivity index (χ4n) is 3.81. The summed E-state index contributed by atoms with van der Waals surface area (Å²) < 4.78 is 0. The Balaban J connectivity index is 1.65. The van der Waals surface area contributed by atoms with Crippen LogP contribution in [0.1, 0.15) is 64.2 Å². The van der Waals surface area contributed by atoms with E-state index in [-0.39, 0.29) is 0 Å². The number of carboxylic acids is 1. The first kappa shape index (κ1) is 14.4. The first-order chi connectivity index (χ1) is 9.68. The summed E-state index contributed by atoms with van der Waals surface area (Å²) in [6.07, 6.45) is 11.9. The fraction of sp³-hybridized carbons (Fsp3) is 0.941. The van der Waals surface area contributed by atoms with E-state index in [4.69, 9.17) is 0 Å². The van der Waals surface area contributed by atoms with Crippen molar-refractivity contribution < 1.29 is 9.90 Å². The number of aliphatic carboxylic acids is 1. The second-order valence-electron chi connectivity index (χ2n) is 7.58. The van der Waals surface area contributed by atoms with Crippen LogP contribution in [0.2, 0.25) is 0 Å². The van der Waals surface area contributed by atoms with E-state index < -0.39 is 11.4 Å². The molecular weight excluding hydrogens is 250 g/mol. The molecule has 0 bridgehead atoms. The number of carbonyl (C=O) groups is 1. The topological polar surface area (TPSA) is 40.5 Å². The largest absolute Gasteiger partial charge is 0.481 e. The van der Waals surface area contributed by atoms with Crippen LogP contribution in [-0.4, -0.2) is 35.6 Å². The summed E-state index contributed by atoms with van der Waals surface area (Å²) in [7, 11) is 0. The van der Waals surface area contributed by atoms with Gasteiger partial charge in [0.15, 0.2) is 0 Å². The molecule has 0 heterocycles. The predicted octanol–water partition coefficient (Wildman–Crippen LogP) is 3.53. The molecule has 0 aliphatic heterocycles. The maximum Gasteiger partial charge on any atom is 0.310 e. The van der Waals surface area contributed by atoms with Gasteiger partial charge < -0.3 is 10.0 Å². The van der Waals surface area contributed by atoms with Crippen molar-refractivity contribution in [2.45, 2.75) is 64.2 Å². The van der Waals surface area contributed by atoms with Gasteiger partial charge in [0.2, 0.25) is 0 Å². The van der Waals surface area contributed by atoms with Crippen LogP contribution < -0.4 is 0 Å². The van der Waals surface area contributed by atoms with Gasteiger partial charge in [0.25, 0.3) is 0 Å². The molecule has 1 N–H and O–H groups in total. The molecule has 3 heteroatoms. The van der Waals surface area contributed by atoms with Gasteiger partial charge in [-0.05, 0) is 50.4 Å². The molecule has 0 unspecified atom stereocenters. The average molecular weight is 279 g/mol. The monoisotopic (exact) mass is 279 g/mol. The zero-order valence-electron chi connectivity index (χ0n) is 12.6. The van der Waals surface area contributed by atoms with Crippen LogP contribution in [0.3, 0.4) is 0 Å². The van der Waals surface area contributed by atoms with E-state index in [0.29, 0.717) is 0 Å². The van der Waals surface area contributed by atoms with E-state index in [1.54, 1.807) is 0 Å². The molecule has 114 valence electrons. The Bertz CT molecular complexity index is 325. The van der Waals surface area contributed by atoms with Crippen LogP contribution in [-0.2, 0) is 4.79 Å². The molecule has 0 aromatic heterocycles. The number of hydrogen-bond acceptors (Lipinski definition) is 2. The van der Waals surface area contributed by atoms with Gasteiger partial charge in [0.05, 0.1) is 5.41 Å². The lowest BCUT2D eigenvalue weighted by Gasteiger charge is -2.35. The van der Waals surface area contributed by atoms with Crippen molar-refractivity contribution in [1.82, 2.24) is 4.90 Å². The van der Waals surface area contributed by atoms with Crippen LogP contribution in [0.5, 0.6) is 0 Å². The molecule has 3 aliphatic carbocycles. The Morgan fingerprint density at radius 2 is 1.45 bits per heavy atom. The molecule has 0 amide bonds. The number of rotatable bonds is 7. The molecule has 3 fully saturated rings. The maximum atomic E-state index is 11.9. The standard InChI is InChI=1S/C17H29NO2/c19-16(20)17(9-3-1-2-4-10-17)13-18(11-14-5-6-14)12-15-7-8-15/h14-15H,1-13H2,(H,19,20). The first-order valence-electron chi connectivity index (χ1n) is 8.64. The Morgan fingerprint density at radius 1 is 0.950 bits per heavy atom. The molecule has 3 aliphatic rings. The van der Waals surface area contributed by atoms with E-state index in [2.05, 4.69) is 4.90 Å². The fourth-order valence-corrected chi connectivity index (χ4v) is 3.81. The molecule has 3 nitrogen and oxygen atoms in total. The Hall–Kier alpha value is -0.570. The molecule has 0 radical (unpaired) electrons. The van der Waals surface area contributed by atoms with Crippen molar-refractivity contribution >= 4 is 5.97 Å². The van der Waals surface area contributed by atoms with Gasteiger partial charge in [0.1, 0.15) is 0 Å². The van der Waals surface area contributed by atoms with Gasteiger partial charge in [-0.3, -0.25) is 4.79 Å². The van der Waals surface area contributed by atoms with E-state index in [1.807, 2.05) is 0 Å². The van der Waals surface area contributed by atoms with Crippen molar-refractivity contribution in [3.63, 3.8) is 0 Å². The molecule has 0 spiro atoms. The number of hydrogen-bond donors (Lipinski definition) is 1. The molecule has 3 rings (SSSR count). The highest BCUT2D eigenvalue weighted by Gasteiger charge is 2.41. The zero-order valence-corrected chi connectivity index (χ0v) is 12.6. The molecule has 3 saturated carbocycles. The van der Waals surface area contributed by atoms with Gasteiger partial charge in [0, 0.05) is 19.6 Å². The third kappa shape index (κ3) is 3.75. The molecule has 0 atom stereocenters. The lowest BCUT2D eigenvalue weighted by Crippen LogP contribution is -2.44. The third-order valence-electron chi connectivity index (χ3n) is 5.47. The Kier molecular flexibility index (Phi) is 4.34. The van der Waals surface area contributed by atoms with Crippen LogP contribution in [0.4, 0.5) is 0 Å². The normalized spacial score (nSPS) is 26.4. The number of carboxylic acid groups (broad SMARTS) is 1. The van der Waals surface area contributed by atoms with E-state index in [9.17, 15) is 9.90 Å². The lowest BCUT2D eigenvalue weighted by atomic mass is 9.79.